The number of hydrogen-bond donors (Lipinski definition) is 3. The maximum Gasteiger partial charge on any atom is 0.342 e. The molecule has 0 unspecified atom stereocenters. The fraction of sp³-hybridized carbons (Fsp3) is 0.524. The van der Waals surface area contributed by atoms with Crippen LogP contribution in [-0.4, -0.2) is 52.8 Å². The highest BCUT2D eigenvalue weighted by Gasteiger charge is 2.27. The first kappa shape index (κ1) is 22.5. The standard InChI is InChI=1S/C21H27NO7/c1-12-6-7-17(25)20(27)16(24)5-3-4-14-10-15(22-8-9-23)11-18(26)19(14)21(28)29-13(12)2/h10-13,22-23,26H,3-9H2,1-2H3/t12-,13+/m1/s1. The summed E-state index contributed by atoms with van der Waals surface area (Å²) in [6, 6.07) is 3.02. The molecule has 8 nitrogen and oxygen atoms in total. The van der Waals surface area contributed by atoms with Crippen LogP contribution in [0.3, 0.4) is 0 Å². The minimum absolute atomic E-state index is 0.0190. The van der Waals surface area contributed by atoms with Gasteiger partial charge in [0, 0.05) is 31.1 Å². The Morgan fingerprint density at radius 2 is 1.76 bits per heavy atom. The Morgan fingerprint density at radius 3 is 2.45 bits per heavy atom. The Hall–Kier alpha value is -2.74. The van der Waals surface area contributed by atoms with Crippen molar-refractivity contribution in [3.8, 4) is 5.75 Å². The van der Waals surface area contributed by atoms with Crippen LogP contribution in [0.2, 0.25) is 0 Å². The summed E-state index contributed by atoms with van der Waals surface area (Å²) in [6.45, 7) is 3.61. The molecule has 0 aromatic heterocycles. The lowest BCUT2D eigenvalue weighted by Gasteiger charge is -2.22. The van der Waals surface area contributed by atoms with Gasteiger partial charge in [0.25, 0.3) is 5.78 Å². The zero-order valence-corrected chi connectivity index (χ0v) is 16.7. The number of aromatic hydroxyl groups is 1. The van der Waals surface area contributed by atoms with Crippen LogP contribution < -0.4 is 5.32 Å². The number of fused-ring (bicyclic) bond motifs is 1. The van der Waals surface area contributed by atoms with Gasteiger partial charge in [-0.2, -0.15) is 0 Å². The van der Waals surface area contributed by atoms with E-state index < -0.39 is 29.4 Å². The molecule has 29 heavy (non-hydrogen) atoms. The van der Waals surface area contributed by atoms with Crippen LogP contribution in [0.25, 0.3) is 0 Å². The predicted octanol–water partition coefficient (Wildman–Crippen LogP) is 1.80. The Morgan fingerprint density at radius 1 is 1.07 bits per heavy atom. The highest BCUT2D eigenvalue weighted by atomic mass is 16.5. The van der Waals surface area contributed by atoms with Crippen LogP contribution in [0.4, 0.5) is 5.69 Å². The van der Waals surface area contributed by atoms with Gasteiger partial charge in [-0.3, -0.25) is 14.4 Å². The molecular weight excluding hydrogens is 378 g/mol. The second-order valence-electron chi connectivity index (χ2n) is 7.34. The zero-order valence-electron chi connectivity index (χ0n) is 16.7. The van der Waals surface area contributed by atoms with Crippen LogP contribution in [0, 0.1) is 5.92 Å². The van der Waals surface area contributed by atoms with Crippen molar-refractivity contribution in [3.63, 3.8) is 0 Å². The molecule has 0 aliphatic carbocycles. The van der Waals surface area contributed by atoms with E-state index in [1.54, 1.807) is 19.9 Å². The Bertz CT molecular complexity index is 802. The van der Waals surface area contributed by atoms with E-state index in [4.69, 9.17) is 9.84 Å². The van der Waals surface area contributed by atoms with Crippen molar-refractivity contribution in [3.05, 3.63) is 23.3 Å². The van der Waals surface area contributed by atoms with E-state index in [1.807, 2.05) is 0 Å². The van der Waals surface area contributed by atoms with Crippen molar-refractivity contribution in [2.45, 2.75) is 52.1 Å². The molecule has 0 fully saturated rings. The molecule has 158 valence electrons. The molecule has 1 aliphatic heterocycles. The van der Waals surface area contributed by atoms with Crippen LogP contribution in [-0.2, 0) is 25.5 Å². The molecule has 1 heterocycles. The van der Waals surface area contributed by atoms with E-state index in [1.165, 1.54) is 6.07 Å². The summed E-state index contributed by atoms with van der Waals surface area (Å²) in [6.07, 6.45) is 0.00457. The van der Waals surface area contributed by atoms with Crippen LogP contribution in [0.15, 0.2) is 12.1 Å². The second kappa shape index (κ2) is 10.2. The number of aliphatic hydroxyl groups is 1. The lowest BCUT2D eigenvalue weighted by atomic mass is 9.94. The molecule has 2 atom stereocenters. The number of nitrogens with one attached hydrogen (secondary N) is 1. The van der Waals surface area contributed by atoms with E-state index in [2.05, 4.69) is 5.32 Å². The van der Waals surface area contributed by atoms with Crippen LogP contribution >= 0.6 is 0 Å². The number of carbonyl (C=O) groups is 4. The first-order chi connectivity index (χ1) is 13.7. The molecule has 0 spiro atoms. The lowest BCUT2D eigenvalue weighted by Crippen LogP contribution is -2.27. The SMILES string of the molecule is C[C@@H]1CCC(=O)C(=O)C(=O)CCCc2cc(NCCO)cc(O)c2C(=O)O[C@H]1C. The van der Waals surface area contributed by atoms with Crippen molar-refractivity contribution < 1.29 is 34.1 Å². The average Bonchev–Trinajstić information content (AvgIpc) is 2.68. The lowest BCUT2D eigenvalue weighted by molar-refractivity contribution is -0.144. The van der Waals surface area contributed by atoms with Gasteiger partial charge in [-0.25, -0.2) is 4.79 Å². The third-order valence-electron chi connectivity index (χ3n) is 5.12. The van der Waals surface area contributed by atoms with E-state index in [0.717, 1.165) is 0 Å². The molecule has 0 saturated carbocycles. The van der Waals surface area contributed by atoms with Gasteiger partial charge in [-0.05, 0) is 43.7 Å². The smallest absolute Gasteiger partial charge is 0.342 e. The van der Waals surface area contributed by atoms with Crippen molar-refractivity contribution in [2.24, 2.45) is 5.92 Å². The van der Waals surface area contributed by atoms with Gasteiger partial charge in [0.15, 0.2) is 0 Å². The first-order valence-electron chi connectivity index (χ1n) is 9.76. The summed E-state index contributed by atoms with van der Waals surface area (Å²) >= 11 is 0. The Kier molecular flexibility index (Phi) is 7.90. The third-order valence-corrected chi connectivity index (χ3v) is 5.12. The molecule has 1 aromatic rings. The maximum absolute atomic E-state index is 12.7. The number of ether oxygens (including phenoxy) is 1. The summed E-state index contributed by atoms with van der Waals surface area (Å²) in [5.41, 5.74) is 0.979. The molecule has 0 bridgehead atoms. The van der Waals surface area contributed by atoms with E-state index in [0.29, 0.717) is 17.7 Å². The third kappa shape index (κ3) is 5.87. The van der Waals surface area contributed by atoms with Gasteiger partial charge >= 0.3 is 5.97 Å². The molecule has 8 heteroatoms. The van der Waals surface area contributed by atoms with E-state index >= 15 is 0 Å². The quantitative estimate of drug-likeness (QED) is 0.513. The largest absolute Gasteiger partial charge is 0.507 e. The van der Waals surface area contributed by atoms with Crippen LogP contribution in [0.5, 0.6) is 5.75 Å². The van der Waals surface area contributed by atoms with Crippen molar-refractivity contribution in [1.82, 2.24) is 0 Å². The van der Waals surface area contributed by atoms with Crippen molar-refractivity contribution >= 4 is 29.0 Å². The first-order valence-corrected chi connectivity index (χ1v) is 9.76. The number of Topliss-reactive ketones (excluding diaryl/α,β-unsaturated/α-hetero) is 3. The summed E-state index contributed by atoms with van der Waals surface area (Å²) < 4.78 is 5.50. The van der Waals surface area contributed by atoms with Gasteiger partial charge < -0.3 is 20.3 Å². The number of anilines is 1. The summed E-state index contributed by atoms with van der Waals surface area (Å²) in [4.78, 5) is 48.7. The minimum atomic E-state index is -0.986. The van der Waals surface area contributed by atoms with Gasteiger partial charge in [0.1, 0.15) is 17.4 Å². The van der Waals surface area contributed by atoms with E-state index in [-0.39, 0.29) is 56.1 Å². The number of phenolic OH excluding ortho intramolecular Hbond substituents is 1. The number of hydrogen-bond acceptors (Lipinski definition) is 8. The van der Waals surface area contributed by atoms with Crippen molar-refractivity contribution in [2.75, 3.05) is 18.5 Å². The Labute approximate surface area is 169 Å². The van der Waals surface area contributed by atoms with Gasteiger partial charge in [-0.1, -0.05) is 6.92 Å². The monoisotopic (exact) mass is 405 g/mol. The molecule has 0 amide bonds. The van der Waals surface area contributed by atoms with Crippen molar-refractivity contribution in [1.29, 1.82) is 0 Å². The molecule has 3 N–H and O–H groups in total. The van der Waals surface area contributed by atoms with Gasteiger partial charge in [-0.15, -0.1) is 0 Å². The van der Waals surface area contributed by atoms with Gasteiger partial charge in [0.05, 0.1) is 6.61 Å². The second-order valence-corrected chi connectivity index (χ2v) is 7.34. The molecule has 0 saturated heterocycles. The number of carbonyl (C=O) groups excluding carboxylic acids is 4. The van der Waals surface area contributed by atoms with Gasteiger partial charge in [0.2, 0.25) is 11.6 Å². The fourth-order valence-corrected chi connectivity index (χ4v) is 3.18. The molecule has 1 aromatic carbocycles. The molecule has 0 radical (unpaired) electrons. The zero-order chi connectivity index (χ0) is 21.6. The predicted molar refractivity (Wildman–Crippen MR) is 105 cm³/mol. The number of cyclic esters (lactones) is 1. The summed E-state index contributed by atoms with van der Waals surface area (Å²) in [7, 11) is 0. The maximum atomic E-state index is 12.7. The Balaban J connectivity index is 2.38. The highest BCUT2D eigenvalue weighted by Crippen LogP contribution is 2.30. The number of aryl methyl sites for hydroxylation is 1. The normalized spacial score (nSPS) is 21.9. The van der Waals surface area contributed by atoms with E-state index in [9.17, 15) is 24.3 Å². The number of phenols is 1. The highest BCUT2D eigenvalue weighted by molar-refractivity contribution is 6.63. The summed E-state index contributed by atoms with van der Waals surface area (Å²) in [5, 5.41) is 22.3. The van der Waals surface area contributed by atoms with Crippen LogP contribution in [0.1, 0.15) is 55.5 Å². The number of benzene rings is 1. The average molecular weight is 405 g/mol. The number of ketones is 3. The topological polar surface area (TPSA) is 130 Å². The molecule has 1 aliphatic rings. The number of esters is 1. The minimum Gasteiger partial charge on any atom is -0.507 e. The molecule has 2 rings (SSSR count). The number of aliphatic hydroxyl groups excluding tert-OH is 1. The number of rotatable bonds is 3. The summed E-state index contributed by atoms with van der Waals surface area (Å²) in [5.74, 6) is -3.61. The molecular formula is C21H27NO7. The fourth-order valence-electron chi connectivity index (χ4n) is 3.18.